The van der Waals surface area contributed by atoms with Crippen LogP contribution in [-0.2, 0) is 9.59 Å². The summed E-state index contributed by atoms with van der Waals surface area (Å²) in [7, 11) is 0. The molecule has 2 heterocycles. The standard InChI is InChI=1S/C15H26N4O2.2ClH/c1-11(14(20)17-13-2-3-13)18-6-8-19(9-7-18)15(21)12-4-5-16-10-12;;/h11-13,16H,2-10H2,1H3,(H,17,20);2*1H. The van der Waals surface area contributed by atoms with E-state index in [0.717, 1.165) is 58.5 Å². The zero-order chi connectivity index (χ0) is 14.8. The minimum absolute atomic E-state index is 0. The summed E-state index contributed by atoms with van der Waals surface area (Å²) < 4.78 is 0. The summed E-state index contributed by atoms with van der Waals surface area (Å²) in [5.74, 6) is 0.583. The predicted molar refractivity (Wildman–Crippen MR) is 94.3 cm³/mol. The van der Waals surface area contributed by atoms with E-state index in [0.29, 0.717) is 6.04 Å². The Hall–Kier alpha value is -0.560. The molecule has 8 heteroatoms. The first-order valence-corrected chi connectivity index (χ1v) is 8.19. The van der Waals surface area contributed by atoms with Gasteiger partial charge < -0.3 is 15.5 Å². The highest BCUT2D eigenvalue weighted by atomic mass is 35.5. The Morgan fingerprint density at radius 3 is 2.26 bits per heavy atom. The van der Waals surface area contributed by atoms with E-state index in [1.54, 1.807) is 0 Å². The molecule has 3 fully saturated rings. The van der Waals surface area contributed by atoms with Gasteiger partial charge in [0.05, 0.1) is 12.0 Å². The Labute approximate surface area is 150 Å². The lowest BCUT2D eigenvalue weighted by Crippen LogP contribution is -2.56. The van der Waals surface area contributed by atoms with Crippen molar-refractivity contribution in [3.8, 4) is 0 Å². The Balaban J connectivity index is 0.00000132. The van der Waals surface area contributed by atoms with Crippen LogP contribution in [0, 0.1) is 5.92 Å². The molecule has 0 spiro atoms. The topological polar surface area (TPSA) is 64.7 Å². The van der Waals surface area contributed by atoms with Crippen LogP contribution in [0.2, 0.25) is 0 Å². The molecule has 2 amide bonds. The molecule has 134 valence electrons. The molecule has 1 aliphatic carbocycles. The summed E-state index contributed by atoms with van der Waals surface area (Å²) in [4.78, 5) is 28.6. The fraction of sp³-hybridized carbons (Fsp3) is 0.867. The second-order valence-electron chi connectivity index (χ2n) is 6.51. The molecule has 0 bridgehead atoms. The maximum Gasteiger partial charge on any atom is 0.237 e. The van der Waals surface area contributed by atoms with E-state index in [4.69, 9.17) is 0 Å². The molecule has 0 radical (unpaired) electrons. The lowest BCUT2D eigenvalue weighted by atomic mass is 10.1. The second-order valence-corrected chi connectivity index (χ2v) is 6.51. The first-order valence-electron chi connectivity index (χ1n) is 8.19. The highest BCUT2D eigenvalue weighted by Gasteiger charge is 2.33. The first-order chi connectivity index (χ1) is 10.1. The summed E-state index contributed by atoms with van der Waals surface area (Å²) >= 11 is 0. The number of nitrogens with zero attached hydrogens (tertiary/aromatic N) is 2. The lowest BCUT2D eigenvalue weighted by molar-refractivity contribution is -0.137. The highest BCUT2D eigenvalue weighted by molar-refractivity contribution is 5.85. The van der Waals surface area contributed by atoms with Gasteiger partial charge in [0.2, 0.25) is 11.8 Å². The monoisotopic (exact) mass is 366 g/mol. The lowest BCUT2D eigenvalue weighted by Gasteiger charge is -2.38. The van der Waals surface area contributed by atoms with Crippen molar-refractivity contribution in [2.75, 3.05) is 39.3 Å². The van der Waals surface area contributed by atoms with Crippen LogP contribution in [0.1, 0.15) is 26.2 Å². The van der Waals surface area contributed by atoms with Crippen molar-refractivity contribution in [3.05, 3.63) is 0 Å². The van der Waals surface area contributed by atoms with Gasteiger partial charge in [-0.1, -0.05) is 0 Å². The van der Waals surface area contributed by atoms with E-state index in [-0.39, 0.29) is 48.6 Å². The van der Waals surface area contributed by atoms with Gasteiger partial charge in [-0.25, -0.2) is 0 Å². The molecule has 2 unspecified atom stereocenters. The number of nitrogens with one attached hydrogen (secondary N) is 2. The van der Waals surface area contributed by atoms with Gasteiger partial charge >= 0.3 is 0 Å². The van der Waals surface area contributed by atoms with Crippen molar-refractivity contribution in [2.45, 2.75) is 38.3 Å². The molecule has 1 saturated carbocycles. The van der Waals surface area contributed by atoms with Crippen LogP contribution in [0.15, 0.2) is 0 Å². The quantitative estimate of drug-likeness (QED) is 0.748. The van der Waals surface area contributed by atoms with Crippen LogP contribution in [0.4, 0.5) is 0 Å². The van der Waals surface area contributed by atoms with Crippen molar-refractivity contribution in [1.82, 2.24) is 20.4 Å². The Kier molecular flexibility index (Phi) is 8.07. The maximum absolute atomic E-state index is 12.4. The third-order valence-corrected chi connectivity index (χ3v) is 4.89. The van der Waals surface area contributed by atoms with E-state index >= 15 is 0 Å². The van der Waals surface area contributed by atoms with Gasteiger partial charge in [0, 0.05) is 38.8 Å². The number of hydrogen-bond acceptors (Lipinski definition) is 4. The molecule has 0 aromatic heterocycles. The summed E-state index contributed by atoms with van der Waals surface area (Å²) in [6.07, 6.45) is 3.20. The van der Waals surface area contributed by atoms with E-state index in [1.807, 2.05) is 11.8 Å². The molecule has 2 saturated heterocycles. The number of carbonyl (C=O) groups excluding carboxylic acids is 2. The van der Waals surface area contributed by atoms with Crippen molar-refractivity contribution >= 4 is 36.6 Å². The van der Waals surface area contributed by atoms with Gasteiger partial charge in [0.15, 0.2) is 0 Å². The van der Waals surface area contributed by atoms with E-state index in [9.17, 15) is 9.59 Å². The van der Waals surface area contributed by atoms with Crippen LogP contribution in [0.5, 0.6) is 0 Å². The zero-order valence-corrected chi connectivity index (χ0v) is 15.3. The van der Waals surface area contributed by atoms with Crippen LogP contribution in [0.25, 0.3) is 0 Å². The maximum atomic E-state index is 12.4. The minimum Gasteiger partial charge on any atom is -0.352 e. The number of amides is 2. The number of halogens is 2. The minimum atomic E-state index is -0.0870. The van der Waals surface area contributed by atoms with Gasteiger partial charge in [-0.15, -0.1) is 24.8 Å². The van der Waals surface area contributed by atoms with E-state index in [1.165, 1.54) is 0 Å². The third-order valence-electron chi connectivity index (χ3n) is 4.89. The fourth-order valence-electron chi connectivity index (χ4n) is 3.17. The van der Waals surface area contributed by atoms with Gasteiger partial charge in [-0.3, -0.25) is 14.5 Å². The fourth-order valence-corrected chi connectivity index (χ4v) is 3.17. The van der Waals surface area contributed by atoms with Gasteiger partial charge in [-0.05, 0) is 32.7 Å². The van der Waals surface area contributed by atoms with Crippen LogP contribution >= 0.6 is 24.8 Å². The van der Waals surface area contributed by atoms with Crippen LogP contribution in [-0.4, -0.2) is 73.0 Å². The molecule has 0 aromatic carbocycles. The van der Waals surface area contributed by atoms with Crippen molar-refractivity contribution < 1.29 is 9.59 Å². The van der Waals surface area contributed by atoms with E-state index in [2.05, 4.69) is 15.5 Å². The number of piperazine rings is 1. The summed E-state index contributed by atoms with van der Waals surface area (Å²) in [5, 5.41) is 6.31. The summed E-state index contributed by atoms with van der Waals surface area (Å²) in [5.41, 5.74) is 0. The zero-order valence-electron chi connectivity index (χ0n) is 13.6. The molecule has 2 N–H and O–H groups in total. The molecular weight excluding hydrogens is 339 g/mol. The van der Waals surface area contributed by atoms with Crippen molar-refractivity contribution in [1.29, 1.82) is 0 Å². The van der Waals surface area contributed by atoms with E-state index < -0.39 is 0 Å². The normalized spacial score (nSPS) is 26.0. The largest absolute Gasteiger partial charge is 0.352 e. The van der Waals surface area contributed by atoms with Crippen molar-refractivity contribution in [2.24, 2.45) is 5.92 Å². The van der Waals surface area contributed by atoms with Gasteiger partial charge in [-0.2, -0.15) is 0 Å². The molecule has 23 heavy (non-hydrogen) atoms. The Morgan fingerprint density at radius 2 is 1.74 bits per heavy atom. The smallest absolute Gasteiger partial charge is 0.237 e. The number of hydrogen-bond donors (Lipinski definition) is 2. The summed E-state index contributed by atoms with van der Waals surface area (Å²) in [6, 6.07) is 0.327. The molecular formula is C15H28Cl2N4O2. The average Bonchev–Trinajstić information content (AvgIpc) is 3.15. The molecule has 2 atom stereocenters. The Morgan fingerprint density at radius 1 is 1.09 bits per heavy atom. The van der Waals surface area contributed by atoms with Gasteiger partial charge in [0.1, 0.15) is 0 Å². The predicted octanol–water partition coefficient (Wildman–Crippen LogP) is 0.251. The molecule has 0 aromatic rings. The van der Waals surface area contributed by atoms with Crippen LogP contribution < -0.4 is 10.6 Å². The molecule has 2 aliphatic heterocycles. The van der Waals surface area contributed by atoms with Crippen molar-refractivity contribution in [3.63, 3.8) is 0 Å². The third kappa shape index (κ3) is 5.21. The van der Waals surface area contributed by atoms with Crippen LogP contribution in [0.3, 0.4) is 0 Å². The molecule has 6 nitrogen and oxygen atoms in total. The molecule has 3 rings (SSSR count). The molecule has 3 aliphatic rings. The summed E-state index contributed by atoms with van der Waals surface area (Å²) in [6.45, 7) is 6.83. The number of carbonyl (C=O) groups is 2. The average molecular weight is 367 g/mol. The first kappa shape index (κ1) is 20.5. The SMILES string of the molecule is CC(C(=O)NC1CC1)N1CCN(C(=O)C2CCNC2)CC1.Cl.Cl. The number of rotatable bonds is 4. The Bertz CT molecular complexity index is 406. The van der Waals surface area contributed by atoms with Gasteiger partial charge in [0.25, 0.3) is 0 Å². The second kappa shape index (κ2) is 9.06. The highest BCUT2D eigenvalue weighted by Crippen LogP contribution is 2.19.